The minimum Gasteiger partial charge on any atom is -0.350 e. The third kappa shape index (κ3) is 3.17. The first-order chi connectivity index (χ1) is 9.49. The number of nitrogens with one attached hydrogen (secondary N) is 1. The SMILES string of the molecule is CC(C(=O)NCc1cccc(Cl)c1)N1C(=O)CCC1=O. The molecule has 1 N–H and O–H groups in total. The number of hydrogen-bond donors (Lipinski definition) is 1. The summed E-state index contributed by atoms with van der Waals surface area (Å²) in [4.78, 5) is 36.1. The summed E-state index contributed by atoms with van der Waals surface area (Å²) in [5, 5.41) is 3.29. The highest BCUT2D eigenvalue weighted by atomic mass is 35.5. The molecule has 5 nitrogen and oxygen atoms in total. The van der Waals surface area contributed by atoms with Gasteiger partial charge >= 0.3 is 0 Å². The van der Waals surface area contributed by atoms with Crippen LogP contribution < -0.4 is 5.32 Å². The second kappa shape index (κ2) is 6.05. The molecule has 106 valence electrons. The zero-order valence-corrected chi connectivity index (χ0v) is 11.8. The van der Waals surface area contributed by atoms with Gasteiger partial charge in [-0.05, 0) is 24.6 Å². The van der Waals surface area contributed by atoms with E-state index in [1.165, 1.54) is 0 Å². The van der Waals surface area contributed by atoms with Gasteiger partial charge in [0.1, 0.15) is 6.04 Å². The standard InChI is InChI=1S/C14H15ClN2O3/c1-9(17-12(18)5-6-13(17)19)14(20)16-8-10-3-2-4-11(15)7-10/h2-4,7,9H,5-6,8H2,1H3,(H,16,20). The van der Waals surface area contributed by atoms with Crippen LogP contribution in [0.1, 0.15) is 25.3 Å². The molecule has 1 unspecified atom stereocenters. The van der Waals surface area contributed by atoms with Gasteiger partial charge in [-0.25, -0.2) is 0 Å². The lowest BCUT2D eigenvalue weighted by Gasteiger charge is -2.21. The van der Waals surface area contributed by atoms with Crippen LogP contribution in [0.2, 0.25) is 5.02 Å². The fourth-order valence-corrected chi connectivity index (χ4v) is 2.34. The highest BCUT2D eigenvalue weighted by Crippen LogP contribution is 2.15. The number of amides is 3. The van der Waals surface area contributed by atoms with Crippen molar-refractivity contribution < 1.29 is 14.4 Å². The minimum absolute atomic E-state index is 0.185. The summed E-state index contributed by atoms with van der Waals surface area (Å²) in [7, 11) is 0. The van der Waals surface area contributed by atoms with Crippen LogP contribution in [0.4, 0.5) is 0 Å². The van der Waals surface area contributed by atoms with E-state index in [0.717, 1.165) is 10.5 Å². The quantitative estimate of drug-likeness (QED) is 0.856. The Morgan fingerprint density at radius 1 is 1.35 bits per heavy atom. The van der Waals surface area contributed by atoms with Crippen molar-refractivity contribution in [1.82, 2.24) is 10.2 Å². The molecule has 0 radical (unpaired) electrons. The van der Waals surface area contributed by atoms with Gasteiger partial charge in [-0.1, -0.05) is 23.7 Å². The van der Waals surface area contributed by atoms with Crippen molar-refractivity contribution in [1.29, 1.82) is 0 Å². The summed E-state index contributed by atoms with van der Waals surface area (Å²) in [6.45, 7) is 1.86. The molecule has 0 saturated carbocycles. The van der Waals surface area contributed by atoms with Crippen LogP contribution >= 0.6 is 11.6 Å². The first-order valence-electron chi connectivity index (χ1n) is 6.36. The lowest BCUT2D eigenvalue weighted by molar-refractivity contribution is -0.146. The van der Waals surface area contributed by atoms with Crippen LogP contribution in [0.5, 0.6) is 0 Å². The number of benzene rings is 1. The third-order valence-electron chi connectivity index (χ3n) is 3.21. The molecule has 3 amide bonds. The molecule has 0 aliphatic carbocycles. The van der Waals surface area contributed by atoms with Crippen molar-refractivity contribution >= 4 is 29.3 Å². The Labute approximate surface area is 121 Å². The Morgan fingerprint density at radius 3 is 2.60 bits per heavy atom. The summed E-state index contributed by atoms with van der Waals surface area (Å²) in [6, 6.07) is 6.34. The second-order valence-electron chi connectivity index (χ2n) is 4.68. The van der Waals surface area contributed by atoms with Crippen LogP contribution in [0.3, 0.4) is 0 Å². The lowest BCUT2D eigenvalue weighted by Crippen LogP contribution is -2.47. The Hall–Kier alpha value is -1.88. The molecule has 0 bridgehead atoms. The van der Waals surface area contributed by atoms with Gasteiger partial charge in [-0.2, -0.15) is 0 Å². The molecule has 1 aliphatic heterocycles. The van der Waals surface area contributed by atoms with Gasteiger partial charge < -0.3 is 5.32 Å². The normalized spacial score (nSPS) is 16.4. The smallest absolute Gasteiger partial charge is 0.243 e. The van der Waals surface area contributed by atoms with E-state index in [2.05, 4.69) is 5.32 Å². The summed E-state index contributed by atoms with van der Waals surface area (Å²) >= 11 is 5.85. The van der Waals surface area contributed by atoms with Crippen LogP contribution in [0.15, 0.2) is 24.3 Å². The number of nitrogens with zero attached hydrogens (tertiary/aromatic N) is 1. The summed E-state index contributed by atoms with van der Waals surface area (Å²) < 4.78 is 0. The molecular weight excluding hydrogens is 280 g/mol. The average Bonchev–Trinajstić information content (AvgIpc) is 2.75. The van der Waals surface area contributed by atoms with E-state index in [-0.39, 0.29) is 30.6 Å². The summed E-state index contributed by atoms with van der Waals surface area (Å²) in [6.07, 6.45) is 0.371. The van der Waals surface area contributed by atoms with E-state index >= 15 is 0 Å². The molecule has 1 aromatic rings. The first kappa shape index (κ1) is 14.5. The predicted molar refractivity (Wildman–Crippen MR) is 73.8 cm³/mol. The topological polar surface area (TPSA) is 66.5 Å². The first-order valence-corrected chi connectivity index (χ1v) is 6.74. The number of carbonyl (C=O) groups excluding carboxylic acids is 3. The van der Waals surface area contributed by atoms with Crippen molar-refractivity contribution in [2.75, 3.05) is 0 Å². The van der Waals surface area contributed by atoms with Crippen molar-refractivity contribution in [2.45, 2.75) is 32.4 Å². The Bertz CT molecular complexity index is 543. The van der Waals surface area contributed by atoms with Gasteiger partial charge in [0.2, 0.25) is 17.7 Å². The molecule has 1 aliphatic rings. The average molecular weight is 295 g/mol. The van der Waals surface area contributed by atoms with Crippen molar-refractivity contribution in [3.8, 4) is 0 Å². The van der Waals surface area contributed by atoms with Crippen LogP contribution in [-0.4, -0.2) is 28.7 Å². The maximum absolute atomic E-state index is 12.0. The van der Waals surface area contributed by atoms with Crippen molar-refractivity contribution in [3.63, 3.8) is 0 Å². The van der Waals surface area contributed by atoms with Crippen LogP contribution in [-0.2, 0) is 20.9 Å². The Kier molecular flexibility index (Phi) is 4.39. The zero-order chi connectivity index (χ0) is 14.7. The molecule has 0 aromatic heterocycles. The molecule has 1 atom stereocenters. The van der Waals surface area contributed by atoms with Crippen LogP contribution in [0.25, 0.3) is 0 Å². The van der Waals surface area contributed by atoms with Gasteiger partial charge in [0.15, 0.2) is 0 Å². The van der Waals surface area contributed by atoms with E-state index in [1.807, 2.05) is 6.07 Å². The molecule has 1 fully saturated rings. The number of rotatable bonds is 4. The van der Waals surface area contributed by atoms with Gasteiger partial charge in [0.25, 0.3) is 0 Å². The van der Waals surface area contributed by atoms with E-state index in [9.17, 15) is 14.4 Å². The van der Waals surface area contributed by atoms with Gasteiger partial charge in [0.05, 0.1) is 0 Å². The Balaban J connectivity index is 1.95. The van der Waals surface area contributed by atoms with Crippen LogP contribution in [0, 0.1) is 0 Å². The third-order valence-corrected chi connectivity index (χ3v) is 3.45. The molecule has 20 heavy (non-hydrogen) atoms. The number of likely N-dealkylation sites (tertiary alicyclic amines) is 1. The van der Waals surface area contributed by atoms with E-state index < -0.39 is 6.04 Å². The molecule has 1 saturated heterocycles. The van der Waals surface area contributed by atoms with Crippen molar-refractivity contribution in [3.05, 3.63) is 34.9 Å². The zero-order valence-electron chi connectivity index (χ0n) is 11.1. The fourth-order valence-electron chi connectivity index (χ4n) is 2.13. The second-order valence-corrected chi connectivity index (χ2v) is 5.12. The maximum atomic E-state index is 12.0. The van der Waals surface area contributed by atoms with Gasteiger partial charge in [0, 0.05) is 24.4 Å². The van der Waals surface area contributed by atoms with Gasteiger partial charge in [-0.15, -0.1) is 0 Å². The summed E-state index contributed by atoms with van der Waals surface area (Å²) in [5.74, 6) is -0.936. The summed E-state index contributed by atoms with van der Waals surface area (Å²) in [5.41, 5.74) is 0.858. The minimum atomic E-state index is -0.781. The molecule has 2 rings (SSSR count). The van der Waals surface area contributed by atoms with E-state index in [4.69, 9.17) is 11.6 Å². The molecular formula is C14H15ClN2O3. The number of imide groups is 1. The lowest BCUT2D eigenvalue weighted by atomic mass is 10.2. The number of hydrogen-bond acceptors (Lipinski definition) is 3. The molecule has 0 spiro atoms. The molecule has 6 heteroatoms. The largest absolute Gasteiger partial charge is 0.350 e. The Morgan fingerprint density at radius 2 is 2.00 bits per heavy atom. The highest BCUT2D eigenvalue weighted by molar-refractivity contribution is 6.30. The molecule has 1 heterocycles. The van der Waals surface area contributed by atoms with Gasteiger partial charge in [-0.3, -0.25) is 19.3 Å². The van der Waals surface area contributed by atoms with E-state index in [0.29, 0.717) is 11.6 Å². The predicted octanol–water partition coefficient (Wildman–Crippen LogP) is 1.49. The maximum Gasteiger partial charge on any atom is 0.243 e. The van der Waals surface area contributed by atoms with Crippen molar-refractivity contribution in [2.24, 2.45) is 0 Å². The highest BCUT2D eigenvalue weighted by Gasteiger charge is 2.35. The number of halogens is 1. The van der Waals surface area contributed by atoms with E-state index in [1.54, 1.807) is 25.1 Å². The monoisotopic (exact) mass is 294 g/mol. The number of carbonyl (C=O) groups is 3. The fraction of sp³-hybridized carbons (Fsp3) is 0.357. The molecule has 1 aromatic carbocycles.